The van der Waals surface area contributed by atoms with Crippen molar-refractivity contribution in [3.05, 3.63) is 53.4 Å². The Kier molecular flexibility index (Phi) is 2.56. The van der Waals surface area contributed by atoms with Crippen molar-refractivity contribution in [2.24, 2.45) is 0 Å². The highest BCUT2D eigenvalue weighted by Crippen LogP contribution is 2.40. The highest BCUT2D eigenvalue weighted by atomic mass is 16.1. The molecule has 0 spiro atoms. The number of aromatic nitrogens is 2. The summed E-state index contributed by atoms with van der Waals surface area (Å²) in [7, 11) is 0. The maximum Gasteiger partial charge on any atom is 0.227 e. The van der Waals surface area contributed by atoms with E-state index in [0.29, 0.717) is 6.54 Å². The number of nitrogens with one attached hydrogen (secondary N) is 3. The molecule has 1 aliphatic heterocycles. The van der Waals surface area contributed by atoms with Crippen LogP contribution in [0, 0.1) is 0 Å². The Morgan fingerprint density at radius 1 is 1.17 bits per heavy atom. The topological polar surface area (TPSA) is 60.7 Å². The fourth-order valence-corrected chi connectivity index (χ4v) is 3.93. The lowest BCUT2D eigenvalue weighted by molar-refractivity contribution is -0.122. The zero-order valence-corrected chi connectivity index (χ0v) is 12.6. The van der Waals surface area contributed by atoms with Crippen LogP contribution in [0.3, 0.4) is 0 Å². The normalized spacial score (nSPS) is 19.5. The van der Waals surface area contributed by atoms with Gasteiger partial charge in [0, 0.05) is 35.0 Å². The van der Waals surface area contributed by atoms with E-state index in [1.54, 1.807) is 0 Å². The first-order valence-corrected chi connectivity index (χ1v) is 8.08. The molecular formula is C19H17N3O. The lowest BCUT2D eigenvalue weighted by atomic mass is 9.87. The fourth-order valence-electron chi connectivity index (χ4n) is 3.93. The number of hydrogen-bond donors (Lipinski definition) is 3. The van der Waals surface area contributed by atoms with Gasteiger partial charge in [0.25, 0.3) is 0 Å². The first kappa shape index (κ1) is 12.8. The Morgan fingerprint density at radius 3 is 3.09 bits per heavy atom. The van der Waals surface area contributed by atoms with E-state index in [1.165, 1.54) is 22.1 Å². The van der Waals surface area contributed by atoms with Crippen LogP contribution in [0.25, 0.3) is 28.2 Å². The molecule has 0 saturated carbocycles. The van der Waals surface area contributed by atoms with E-state index in [-0.39, 0.29) is 11.8 Å². The van der Waals surface area contributed by atoms with Gasteiger partial charge < -0.3 is 15.3 Å². The van der Waals surface area contributed by atoms with Crippen molar-refractivity contribution in [3.63, 3.8) is 0 Å². The van der Waals surface area contributed by atoms with Gasteiger partial charge in [-0.3, -0.25) is 4.79 Å². The van der Waals surface area contributed by atoms with E-state index in [0.717, 1.165) is 29.7 Å². The van der Waals surface area contributed by atoms with E-state index in [1.807, 2.05) is 6.20 Å². The Labute approximate surface area is 133 Å². The van der Waals surface area contributed by atoms with E-state index >= 15 is 0 Å². The molecule has 2 aliphatic rings. The molecule has 1 aromatic carbocycles. The maximum absolute atomic E-state index is 12.3. The average molecular weight is 303 g/mol. The van der Waals surface area contributed by atoms with Crippen LogP contribution in [0.2, 0.25) is 0 Å². The van der Waals surface area contributed by atoms with Crippen molar-refractivity contribution >= 4 is 22.9 Å². The predicted molar refractivity (Wildman–Crippen MR) is 91.2 cm³/mol. The number of H-pyrrole nitrogens is 2. The zero-order valence-electron chi connectivity index (χ0n) is 12.6. The van der Waals surface area contributed by atoms with Crippen LogP contribution in [-0.4, -0.2) is 22.4 Å². The Bertz CT molecular complexity index is 960. The summed E-state index contributed by atoms with van der Waals surface area (Å²) in [6, 6.07) is 8.56. The molecule has 0 fully saturated rings. The van der Waals surface area contributed by atoms with Crippen molar-refractivity contribution in [3.8, 4) is 11.3 Å². The highest BCUT2D eigenvalue weighted by molar-refractivity contribution is 5.90. The monoisotopic (exact) mass is 303 g/mol. The number of rotatable bonds is 1. The summed E-state index contributed by atoms with van der Waals surface area (Å²) < 4.78 is 0. The number of carbonyl (C=O) groups is 1. The molecule has 1 unspecified atom stereocenters. The predicted octanol–water partition coefficient (Wildman–Crippen LogP) is 3.34. The summed E-state index contributed by atoms with van der Waals surface area (Å²) in [5, 5.41) is 4.26. The van der Waals surface area contributed by atoms with Crippen LogP contribution in [0.5, 0.6) is 0 Å². The van der Waals surface area contributed by atoms with E-state index in [4.69, 9.17) is 0 Å². The lowest BCUT2D eigenvalue weighted by Crippen LogP contribution is -2.28. The Morgan fingerprint density at radius 2 is 2.13 bits per heavy atom. The first-order valence-electron chi connectivity index (χ1n) is 8.08. The number of hydrogen-bond acceptors (Lipinski definition) is 1. The van der Waals surface area contributed by atoms with Gasteiger partial charge in [-0.25, -0.2) is 0 Å². The molecule has 114 valence electrons. The molecule has 4 nitrogen and oxygen atoms in total. The van der Waals surface area contributed by atoms with Crippen LogP contribution in [0.4, 0.5) is 0 Å². The van der Waals surface area contributed by atoms with E-state index < -0.39 is 0 Å². The number of aromatic amines is 2. The minimum atomic E-state index is -0.0477. The lowest BCUT2D eigenvalue weighted by Gasteiger charge is -2.16. The largest absolute Gasteiger partial charge is 0.361 e. The number of allylic oxidation sites excluding steroid dienone is 1. The second-order valence-electron chi connectivity index (χ2n) is 6.32. The van der Waals surface area contributed by atoms with Crippen molar-refractivity contribution < 1.29 is 4.79 Å². The van der Waals surface area contributed by atoms with Gasteiger partial charge in [-0.15, -0.1) is 0 Å². The second kappa shape index (κ2) is 4.62. The van der Waals surface area contributed by atoms with Gasteiger partial charge in [0.2, 0.25) is 5.91 Å². The van der Waals surface area contributed by atoms with Crippen molar-refractivity contribution in [2.45, 2.75) is 18.8 Å². The first-order chi connectivity index (χ1) is 11.3. The zero-order chi connectivity index (χ0) is 15.4. The van der Waals surface area contributed by atoms with Crippen molar-refractivity contribution in [1.29, 1.82) is 0 Å². The smallest absolute Gasteiger partial charge is 0.227 e. The summed E-state index contributed by atoms with van der Waals surface area (Å²) in [6.45, 7) is 0.707. The van der Waals surface area contributed by atoms with Crippen LogP contribution >= 0.6 is 0 Å². The molecule has 1 atom stereocenters. The molecule has 3 aromatic rings. The van der Waals surface area contributed by atoms with Gasteiger partial charge in [-0.2, -0.15) is 0 Å². The molecule has 0 saturated heterocycles. The third-order valence-corrected chi connectivity index (χ3v) is 5.01. The maximum atomic E-state index is 12.3. The Balaban J connectivity index is 1.74. The molecule has 0 bridgehead atoms. The molecule has 2 aromatic heterocycles. The van der Waals surface area contributed by atoms with Gasteiger partial charge in [0.15, 0.2) is 0 Å². The van der Waals surface area contributed by atoms with Crippen molar-refractivity contribution in [2.75, 3.05) is 6.54 Å². The molecule has 23 heavy (non-hydrogen) atoms. The summed E-state index contributed by atoms with van der Waals surface area (Å²) in [5.74, 6) is 0.106. The molecule has 3 heterocycles. The summed E-state index contributed by atoms with van der Waals surface area (Å²) in [5.41, 5.74) is 7.08. The Hall–Kier alpha value is -2.75. The molecular weight excluding hydrogens is 286 g/mol. The molecule has 5 rings (SSSR count). The van der Waals surface area contributed by atoms with Gasteiger partial charge in [0.05, 0.1) is 5.92 Å². The third-order valence-electron chi connectivity index (χ3n) is 5.01. The van der Waals surface area contributed by atoms with Gasteiger partial charge in [0.1, 0.15) is 0 Å². The quantitative estimate of drug-likeness (QED) is 0.634. The molecule has 4 heteroatoms. The standard InChI is InChI=1S/C19H17N3O/c23-19-14-2-1-3-16-17(14)13(7-9-21-19)18(22-16)12-4-5-15-11(10-12)6-8-20-15/h1,3-6,8,10,14,20,22H,2,7,9H2,(H,21,23). The van der Waals surface area contributed by atoms with E-state index in [9.17, 15) is 4.79 Å². The fraction of sp³-hybridized carbons (Fsp3) is 0.211. The second-order valence-corrected chi connectivity index (χ2v) is 6.32. The summed E-state index contributed by atoms with van der Waals surface area (Å²) in [4.78, 5) is 19.1. The molecule has 0 radical (unpaired) electrons. The molecule has 3 N–H and O–H groups in total. The van der Waals surface area contributed by atoms with Gasteiger partial charge in [-0.05, 0) is 53.8 Å². The molecule has 1 amide bonds. The van der Waals surface area contributed by atoms with E-state index in [2.05, 4.69) is 51.7 Å². The number of amides is 1. The van der Waals surface area contributed by atoms with Gasteiger partial charge >= 0.3 is 0 Å². The SMILES string of the molecule is O=C1NCCc2c(-c3ccc4[nH]ccc4c3)[nH]c3c2C1CC=C3. The number of carbonyl (C=O) groups excluding carboxylic acids is 1. The summed E-state index contributed by atoms with van der Waals surface area (Å²) >= 11 is 0. The van der Waals surface area contributed by atoms with Crippen LogP contribution in [0.1, 0.15) is 29.2 Å². The van der Waals surface area contributed by atoms with Crippen molar-refractivity contribution in [1.82, 2.24) is 15.3 Å². The third kappa shape index (κ3) is 1.81. The van der Waals surface area contributed by atoms with Gasteiger partial charge in [-0.1, -0.05) is 12.1 Å². The van der Waals surface area contributed by atoms with Crippen LogP contribution in [-0.2, 0) is 11.2 Å². The van der Waals surface area contributed by atoms with Crippen LogP contribution in [0.15, 0.2) is 36.5 Å². The number of benzene rings is 1. The average Bonchev–Trinajstić information content (AvgIpc) is 3.13. The minimum absolute atomic E-state index is 0.0477. The highest BCUT2D eigenvalue weighted by Gasteiger charge is 2.32. The minimum Gasteiger partial charge on any atom is -0.361 e. The summed E-state index contributed by atoms with van der Waals surface area (Å²) in [6.07, 6.45) is 7.84. The number of fused-ring (bicyclic) bond motifs is 1. The molecule has 1 aliphatic carbocycles. The van der Waals surface area contributed by atoms with Crippen LogP contribution < -0.4 is 5.32 Å².